The van der Waals surface area contributed by atoms with Crippen molar-refractivity contribution < 1.29 is 4.79 Å². The molecule has 0 atom stereocenters. The van der Waals surface area contributed by atoms with E-state index in [0.29, 0.717) is 17.9 Å². The van der Waals surface area contributed by atoms with Gasteiger partial charge >= 0.3 is 0 Å². The van der Waals surface area contributed by atoms with Crippen LogP contribution in [0.2, 0.25) is 0 Å². The van der Waals surface area contributed by atoms with Gasteiger partial charge in [-0.2, -0.15) is 0 Å². The van der Waals surface area contributed by atoms with E-state index in [1.54, 1.807) is 35.4 Å². The van der Waals surface area contributed by atoms with Crippen LogP contribution in [0.15, 0.2) is 58.3 Å². The molecular formula is C23H20Cl3N5O3. The number of nitrogens with one attached hydrogen (secondary N) is 1. The molecule has 0 spiro atoms. The number of benzene rings is 1. The summed E-state index contributed by atoms with van der Waals surface area (Å²) in [6.07, 6.45) is 1.39. The van der Waals surface area contributed by atoms with Gasteiger partial charge < -0.3 is 9.88 Å². The zero-order valence-corrected chi connectivity index (χ0v) is 20.7. The van der Waals surface area contributed by atoms with Crippen LogP contribution in [0.25, 0.3) is 16.7 Å². The topological polar surface area (TPSA) is 90.9 Å². The number of hydrogen-bond donors (Lipinski definition) is 1. The molecule has 8 nitrogen and oxygen atoms in total. The minimum Gasteiger partial charge on any atom is -0.332 e. The normalized spacial score (nSPS) is 11.7. The maximum absolute atomic E-state index is 13.2. The number of carbonyl (C=O) groups excluding carboxylic acids is 1. The van der Waals surface area contributed by atoms with Crippen LogP contribution in [0.1, 0.15) is 28.7 Å². The number of anilines is 1. The molecule has 0 aliphatic rings. The maximum Gasteiger partial charge on any atom is 0.295 e. The molecule has 4 rings (SSSR count). The fraction of sp³-hybridized carbons (Fsp3) is 0.217. The second kappa shape index (κ2) is 8.94. The Hall–Kier alpha value is -3.07. The first kappa shape index (κ1) is 24.1. The summed E-state index contributed by atoms with van der Waals surface area (Å²) in [6, 6.07) is 11.9. The molecule has 176 valence electrons. The van der Waals surface area contributed by atoms with Crippen molar-refractivity contribution in [2.75, 3.05) is 5.32 Å². The lowest BCUT2D eigenvalue weighted by molar-refractivity contribution is 0.102. The van der Waals surface area contributed by atoms with Gasteiger partial charge in [-0.15, -0.1) is 0 Å². The number of rotatable bonds is 4. The molecule has 0 aliphatic carbocycles. The van der Waals surface area contributed by atoms with Crippen molar-refractivity contribution >= 4 is 57.4 Å². The first-order valence-electron chi connectivity index (χ1n) is 10.3. The average molecular weight is 521 g/mol. The summed E-state index contributed by atoms with van der Waals surface area (Å²) >= 11 is 17.8. The molecule has 3 aromatic heterocycles. The molecular weight excluding hydrogens is 501 g/mol. The molecule has 11 heteroatoms. The highest BCUT2D eigenvalue weighted by Gasteiger charge is 2.27. The van der Waals surface area contributed by atoms with Crippen molar-refractivity contribution in [1.82, 2.24) is 18.9 Å². The van der Waals surface area contributed by atoms with Gasteiger partial charge in [0.1, 0.15) is 16.9 Å². The van der Waals surface area contributed by atoms with E-state index in [1.807, 2.05) is 25.1 Å². The predicted molar refractivity (Wildman–Crippen MR) is 135 cm³/mol. The van der Waals surface area contributed by atoms with Crippen LogP contribution in [-0.4, -0.2) is 24.8 Å². The average Bonchev–Trinajstić information content (AvgIpc) is 3.02. The smallest absolute Gasteiger partial charge is 0.295 e. The van der Waals surface area contributed by atoms with Gasteiger partial charge in [-0.25, -0.2) is 9.67 Å². The number of hydrogen-bond acceptors (Lipinski definition) is 4. The molecule has 0 aliphatic heterocycles. The van der Waals surface area contributed by atoms with Crippen LogP contribution in [-0.2, 0) is 17.4 Å². The molecule has 4 aromatic rings. The van der Waals surface area contributed by atoms with E-state index in [9.17, 15) is 14.4 Å². The number of alkyl halides is 3. The molecule has 0 unspecified atom stereocenters. The summed E-state index contributed by atoms with van der Waals surface area (Å²) in [5.74, 6) is -0.703. The van der Waals surface area contributed by atoms with Crippen LogP contribution in [0, 0.1) is 6.92 Å². The van der Waals surface area contributed by atoms with Gasteiger partial charge in [0.05, 0.1) is 22.5 Å². The van der Waals surface area contributed by atoms with Crippen LogP contribution in [0.5, 0.6) is 0 Å². The first-order chi connectivity index (χ1) is 16.0. The van der Waals surface area contributed by atoms with Crippen LogP contribution >= 0.6 is 34.8 Å². The molecule has 0 saturated carbocycles. The highest BCUT2D eigenvalue weighted by atomic mass is 35.6. The standard InChI is InChI=1S/C23H20Cl3N5O3/c1-4-30-12-16(19(32)15-10-11-17(23(24,25)26)27-20(15)30)21(33)28-18-13(2)29(3)31(22(18)34)14-8-6-5-7-9-14/h5-12H,4H2,1-3H3,(H,28,33). The fourth-order valence-electron chi connectivity index (χ4n) is 3.72. The molecule has 0 bridgehead atoms. The van der Waals surface area contributed by atoms with E-state index in [-0.39, 0.29) is 28.0 Å². The lowest BCUT2D eigenvalue weighted by Gasteiger charge is -2.14. The highest BCUT2D eigenvalue weighted by Crippen LogP contribution is 2.37. The molecule has 1 amide bonds. The Balaban J connectivity index is 1.80. The summed E-state index contributed by atoms with van der Waals surface area (Å²) < 4.78 is 2.94. The third-order valence-corrected chi connectivity index (χ3v) is 6.17. The number of nitrogens with zero attached hydrogens (tertiary/aromatic N) is 4. The summed E-state index contributed by atoms with van der Waals surface area (Å²) in [4.78, 5) is 43.8. The highest BCUT2D eigenvalue weighted by molar-refractivity contribution is 6.66. The third kappa shape index (κ3) is 4.13. The summed E-state index contributed by atoms with van der Waals surface area (Å²) in [7, 11) is 1.72. The number of halogens is 3. The molecule has 1 aromatic carbocycles. The zero-order valence-electron chi connectivity index (χ0n) is 18.5. The van der Waals surface area contributed by atoms with E-state index in [1.165, 1.54) is 23.0 Å². The first-order valence-corrected chi connectivity index (χ1v) is 11.4. The number of pyridine rings is 2. The lowest BCUT2D eigenvalue weighted by atomic mass is 10.1. The van der Waals surface area contributed by atoms with E-state index in [4.69, 9.17) is 34.8 Å². The largest absolute Gasteiger partial charge is 0.332 e. The van der Waals surface area contributed by atoms with Crippen LogP contribution in [0.4, 0.5) is 5.69 Å². The maximum atomic E-state index is 13.2. The van der Waals surface area contributed by atoms with Crippen molar-refractivity contribution in [2.24, 2.45) is 7.05 Å². The fourth-order valence-corrected chi connectivity index (χ4v) is 4.03. The van der Waals surface area contributed by atoms with E-state index in [0.717, 1.165) is 0 Å². The minimum absolute atomic E-state index is 0.0866. The Morgan fingerprint density at radius 1 is 1.09 bits per heavy atom. The summed E-state index contributed by atoms with van der Waals surface area (Å²) in [5, 5.41) is 2.82. The SMILES string of the molecule is CCn1cc(C(=O)Nc2c(C)n(C)n(-c3ccccc3)c2=O)c(=O)c2ccc(C(Cl)(Cl)Cl)nc21. The molecule has 0 saturated heterocycles. The molecule has 1 N–H and O–H groups in total. The van der Waals surface area contributed by atoms with Crippen LogP contribution < -0.4 is 16.3 Å². The van der Waals surface area contributed by atoms with Crippen molar-refractivity contribution in [3.8, 4) is 5.69 Å². The number of fused-ring (bicyclic) bond motifs is 1. The number of para-hydroxylation sites is 1. The van der Waals surface area contributed by atoms with Gasteiger partial charge in [-0.3, -0.25) is 19.1 Å². The van der Waals surface area contributed by atoms with Gasteiger partial charge in [-0.1, -0.05) is 53.0 Å². The molecule has 0 fully saturated rings. The van der Waals surface area contributed by atoms with Gasteiger partial charge in [0.15, 0.2) is 0 Å². The lowest BCUT2D eigenvalue weighted by Crippen LogP contribution is -2.27. The van der Waals surface area contributed by atoms with Crippen molar-refractivity contribution in [1.29, 1.82) is 0 Å². The number of aromatic nitrogens is 4. The van der Waals surface area contributed by atoms with Gasteiger partial charge in [-0.05, 0) is 38.1 Å². The Morgan fingerprint density at radius 3 is 2.38 bits per heavy atom. The monoisotopic (exact) mass is 519 g/mol. The quantitative estimate of drug-likeness (QED) is 0.406. The van der Waals surface area contributed by atoms with Gasteiger partial charge in [0.25, 0.3) is 11.5 Å². The number of amides is 1. The molecule has 0 radical (unpaired) electrons. The summed E-state index contributed by atoms with van der Waals surface area (Å²) in [5.41, 5.74) is 0.625. The summed E-state index contributed by atoms with van der Waals surface area (Å²) in [6.45, 7) is 3.94. The second-order valence-electron chi connectivity index (χ2n) is 7.61. The van der Waals surface area contributed by atoms with E-state index < -0.39 is 20.7 Å². The van der Waals surface area contributed by atoms with Crippen LogP contribution in [0.3, 0.4) is 0 Å². The third-order valence-electron chi connectivity index (χ3n) is 5.59. The Kier molecular flexibility index (Phi) is 6.33. The van der Waals surface area contributed by atoms with Crippen molar-refractivity contribution in [3.05, 3.63) is 86.2 Å². The van der Waals surface area contributed by atoms with E-state index in [2.05, 4.69) is 10.3 Å². The Morgan fingerprint density at radius 2 is 1.76 bits per heavy atom. The molecule has 34 heavy (non-hydrogen) atoms. The number of aryl methyl sites for hydroxylation is 1. The number of carbonyl (C=O) groups is 1. The Labute approximate surface area is 209 Å². The second-order valence-corrected chi connectivity index (χ2v) is 9.90. The van der Waals surface area contributed by atoms with Gasteiger partial charge in [0.2, 0.25) is 9.22 Å². The van der Waals surface area contributed by atoms with Crippen molar-refractivity contribution in [3.63, 3.8) is 0 Å². The Bertz CT molecular complexity index is 1530. The molecule has 3 heterocycles. The van der Waals surface area contributed by atoms with Crippen molar-refractivity contribution in [2.45, 2.75) is 24.2 Å². The predicted octanol–water partition coefficient (Wildman–Crippen LogP) is 4.29. The van der Waals surface area contributed by atoms with Gasteiger partial charge in [0, 0.05) is 19.8 Å². The zero-order chi connectivity index (χ0) is 24.8. The minimum atomic E-state index is -1.76. The van der Waals surface area contributed by atoms with E-state index >= 15 is 0 Å².